The van der Waals surface area contributed by atoms with E-state index in [0.29, 0.717) is 25.8 Å². The molecule has 0 aromatic rings. The summed E-state index contributed by atoms with van der Waals surface area (Å²) in [6.45, 7) is 3.08. The number of hydrogen-bond acceptors (Lipinski definition) is 5. The molecule has 0 radical (unpaired) electrons. The van der Waals surface area contributed by atoms with Crippen LogP contribution in [-0.4, -0.2) is 61.5 Å². The van der Waals surface area contributed by atoms with Gasteiger partial charge in [-0.15, -0.1) is 0 Å². The highest BCUT2D eigenvalue weighted by Gasteiger charge is 2.29. The van der Waals surface area contributed by atoms with Crippen molar-refractivity contribution >= 4 is 5.97 Å². The first-order valence-corrected chi connectivity index (χ1v) is 6.15. The zero-order valence-electron chi connectivity index (χ0n) is 10.9. The van der Waals surface area contributed by atoms with Crippen molar-refractivity contribution in [3.8, 4) is 0 Å². The molecule has 0 saturated carbocycles. The van der Waals surface area contributed by atoms with E-state index in [-0.39, 0.29) is 18.2 Å². The van der Waals surface area contributed by atoms with Gasteiger partial charge in [0, 0.05) is 25.8 Å². The van der Waals surface area contributed by atoms with Crippen LogP contribution in [0.4, 0.5) is 0 Å². The Labute approximate surface area is 103 Å². The van der Waals surface area contributed by atoms with E-state index in [0.717, 1.165) is 6.61 Å². The largest absolute Gasteiger partial charge is 0.462 e. The van der Waals surface area contributed by atoms with Gasteiger partial charge in [-0.2, -0.15) is 0 Å². The standard InChI is InChI=1S/C12H23NO4/c1-4-12(15)17-10(6-11-8-16-11)5-9(14)7-13(2)3/h9-11,14H,4-8H2,1-3H3. The molecule has 1 rings (SSSR count). The Morgan fingerprint density at radius 1 is 1.59 bits per heavy atom. The summed E-state index contributed by atoms with van der Waals surface area (Å²) in [5.41, 5.74) is 0. The van der Waals surface area contributed by atoms with Crippen molar-refractivity contribution in [1.82, 2.24) is 4.90 Å². The molecule has 0 aromatic carbocycles. The van der Waals surface area contributed by atoms with Crippen molar-refractivity contribution in [1.29, 1.82) is 0 Å². The van der Waals surface area contributed by atoms with Gasteiger partial charge in [-0.3, -0.25) is 4.79 Å². The number of likely N-dealkylation sites (N-methyl/N-ethyl adjacent to an activating group) is 1. The molecular formula is C12H23NO4. The molecule has 100 valence electrons. The predicted molar refractivity (Wildman–Crippen MR) is 63.7 cm³/mol. The number of ether oxygens (including phenoxy) is 2. The number of nitrogens with zero attached hydrogens (tertiary/aromatic N) is 1. The fourth-order valence-electron chi connectivity index (χ4n) is 1.76. The van der Waals surface area contributed by atoms with Crippen LogP contribution in [0, 0.1) is 0 Å². The maximum atomic E-state index is 11.3. The van der Waals surface area contributed by atoms with Gasteiger partial charge in [0.15, 0.2) is 0 Å². The van der Waals surface area contributed by atoms with E-state index in [9.17, 15) is 9.90 Å². The lowest BCUT2D eigenvalue weighted by Gasteiger charge is -2.22. The van der Waals surface area contributed by atoms with E-state index >= 15 is 0 Å². The molecule has 1 aliphatic heterocycles. The van der Waals surface area contributed by atoms with Crippen LogP contribution in [0.1, 0.15) is 26.2 Å². The molecule has 0 aromatic heterocycles. The molecule has 1 saturated heterocycles. The molecule has 1 aliphatic rings. The summed E-state index contributed by atoms with van der Waals surface area (Å²) >= 11 is 0. The molecule has 1 heterocycles. The van der Waals surface area contributed by atoms with Crippen LogP contribution in [0.2, 0.25) is 0 Å². The minimum Gasteiger partial charge on any atom is -0.462 e. The first kappa shape index (κ1) is 14.4. The van der Waals surface area contributed by atoms with Gasteiger partial charge in [-0.05, 0) is 14.1 Å². The fourth-order valence-corrected chi connectivity index (χ4v) is 1.76. The molecule has 1 N–H and O–H groups in total. The predicted octanol–water partition coefficient (Wildman–Crippen LogP) is 0.410. The minimum absolute atomic E-state index is 0.205. The Bertz CT molecular complexity index is 241. The van der Waals surface area contributed by atoms with E-state index < -0.39 is 6.10 Å². The Morgan fingerprint density at radius 2 is 2.24 bits per heavy atom. The SMILES string of the molecule is CCC(=O)OC(CC(O)CN(C)C)CC1CO1. The zero-order chi connectivity index (χ0) is 12.8. The number of hydrogen-bond donors (Lipinski definition) is 1. The molecular weight excluding hydrogens is 222 g/mol. The normalized spacial score (nSPS) is 22.3. The average molecular weight is 245 g/mol. The number of epoxide rings is 1. The molecule has 0 aliphatic carbocycles. The third-order valence-corrected chi connectivity index (χ3v) is 2.63. The van der Waals surface area contributed by atoms with Crippen molar-refractivity contribution < 1.29 is 19.4 Å². The fraction of sp³-hybridized carbons (Fsp3) is 0.917. The highest BCUT2D eigenvalue weighted by atomic mass is 16.6. The van der Waals surface area contributed by atoms with Crippen LogP contribution in [0.25, 0.3) is 0 Å². The summed E-state index contributed by atoms with van der Waals surface area (Å²) in [5, 5.41) is 9.84. The van der Waals surface area contributed by atoms with Gasteiger partial charge in [0.05, 0.1) is 18.8 Å². The van der Waals surface area contributed by atoms with Gasteiger partial charge < -0.3 is 19.5 Å². The Balaban J connectivity index is 2.35. The van der Waals surface area contributed by atoms with Gasteiger partial charge >= 0.3 is 5.97 Å². The third kappa shape index (κ3) is 6.61. The van der Waals surface area contributed by atoms with E-state index in [1.807, 2.05) is 19.0 Å². The second-order valence-corrected chi connectivity index (χ2v) is 4.81. The summed E-state index contributed by atoms with van der Waals surface area (Å²) < 4.78 is 10.4. The lowest BCUT2D eigenvalue weighted by Crippen LogP contribution is -2.31. The first-order chi connectivity index (χ1) is 8.01. The third-order valence-electron chi connectivity index (χ3n) is 2.63. The van der Waals surface area contributed by atoms with E-state index in [1.165, 1.54) is 0 Å². The van der Waals surface area contributed by atoms with Crippen LogP contribution in [0.15, 0.2) is 0 Å². The molecule has 3 unspecified atom stereocenters. The van der Waals surface area contributed by atoms with Gasteiger partial charge in [0.2, 0.25) is 0 Å². The van der Waals surface area contributed by atoms with E-state index in [1.54, 1.807) is 6.92 Å². The smallest absolute Gasteiger partial charge is 0.305 e. The number of carbonyl (C=O) groups excluding carboxylic acids is 1. The molecule has 5 heteroatoms. The molecule has 0 spiro atoms. The number of aliphatic hydroxyl groups excluding tert-OH is 1. The molecule has 17 heavy (non-hydrogen) atoms. The molecule has 3 atom stereocenters. The molecule has 5 nitrogen and oxygen atoms in total. The molecule has 1 fully saturated rings. The van der Waals surface area contributed by atoms with Crippen LogP contribution >= 0.6 is 0 Å². The Hall–Kier alpha value is -0.650. The van der Waals surface area contributed by atoms with Crippen LogP contribution in [0.3, 0.4) is 0 Å². The molecule has 0 bridgehead atoms. The topological polar surface area (TPSA) is 62.3 Å². The summed E-state index contributed by atoms with van der Waals surface area (Å²) in [4.78, 5) is 13.2. The summed E-state index contributed by atoms with van der Waals surface area (Å²) in [5.74, 6) is -0.215. The number of rotatable bonds is 8. The average Bonchev–Trinajstić information content (AvgIpc) is 2.99. The summed E-state index contributed by atoms with van der Waals surface area (Å²) in [7, 11) is 3.81. The van der Waals surface area contributed by atoms with Crippen molar-refractivity contribution in [3.05, 3.63) is 0 Å². The quantitative estimate of drug-likeness (QED) is 0.496. The van der Waals surface area contributed by atoms with E-state index in [2.05, 4.69) is 0 Å². The van der Waals surface area contributed by atoms with Gasteiger partial charge in [-0.1, -0.05) is 6.92 Å². The number of aliphatic hydroxyl groups is 1. The van der Waals surface area contributed by atoms with Crippen molar-refractivity contribution in [2.45, 2.75) is 44.5 Å². The second-order valence-electron chi connectivity index (χ2n) is 4.81. The van der Waals surface area contributed by atoms with Crippen molar-refractivity contribution in [2.24, 2.45) is 0 Å². The maximum Gasteiger partial charge on any atom is 0.305 e. The lowest BCUT2D eigenvalue weighted by molar-refractivity contribution is -0.150. The summed E-state index contributed by atoms with van der Waals surface area (Å²) in [6, 6.07) is 0. The monoisotopic (exact) mass is 245 g/mol. The lowest BCUT2D eigenvalue weighted by atomic mass is 10.1. The Morgan fingerprint density at radius 3 is 2.71 bits per heavy atom. The van der Waals surface area contributed by atoms with Crippen LogP contribution in [0.5, 0.6) is 0 Å². The number of esters is 1. The van der Waals surface area contributed by atoms with Crippen molar-refractivity contribution in [2.75, 3.05) is 27.2 Å². The number of carbonyl (C=O) groups is 1. The van der Waals surface area contributed by atoms with Gasteiger partial charge in [-0.25, -0.2) is 0 Å². The zero-order valence-corrected chi connectivity index (χ0v) is 10.9. The Kier molecular flexibility index (Phi) is 5.88. The van der Waals surface area contributed by atoms with Crippen LogP contribution < -0.4 is 0 Å². The molecule has 0 amide bonds. The van der Waals surface area contributed by atoms with Crippen LogP contribution in [-0.2, 0) is 14.3 Å². The first-order valence-electron chi connectivity index (χ1n) is 6.15. The van der Waals surface area contributed by atoms with Crippen molar-refractivity contribution in [3.63, 3.8) is 0 Å². The highest BCUT2D eigenvalue weighted by Crippen LogP contribution is 2.20. The van der Waals surface area contributed by atoms with Gasteiger partial charge in [0.25, 0.3) is 0 Å². The summed E-state index contributed by atoms with van der Waals surface area (Å²) in [6.07, 6.45) is 1.03. The van der Waals surface area contributed by atoms with E-state index in [4.69, 9.17) is 9.47 Å². The maximum absolute atomic E-state index is 11.3. The minimum atomic E-state index is -0.474. The highest BCUT2D eigenvalue weighted by molar-refractivity contribution is 5.69. The van der Waals surface area contributed by atoms with Gasteiger partial charge in [0.1, 0.15) is 6.10 Å². The second kappa shape index (κ2) is 6.93.